The first-order chi connectivity index (χ1) is 6.21. The van der Waals surface area contributed by atoms with E-state index >= 15 is 0 Å². The largest absolute Gasteiger partial charge is 0.375 e. The minimum Gasteiger partial charge on any atom is -0.375 e. The smallest absolute Gasteiger partial charge is 0.0821 e. The van der Waals surface area contributed by atoms with Crippen molar-refractivity contribution < 1.29 is 4.74 Å². The van der Waals surface area contributed by atoms with Gasteiger partial charge in [-0.1, -0.05) is 6.92 Å². The molecule has 2 heterocycles. The lowest BCUT2D eigenvalue weighted by Crippen LogP contribution is -2.49. The number of morpholine rings is 1. The van der Waals surface area contributed by atoms with Crippen LogP contribution in [0, 0.1) is 5.41 Å². The molecule has 13 heavy (non-hydrogen) atoms. The lowest BCUT2D eigenvalue weighted by molar-refractivity contribution is -0.0252. The highest BCUT2D eigenvalue weighted by Gasteiger charge is 2.38. The topological polar surface area (TPSA) is 36.9 Å². The third kappa shape index (κ3) is 1.69. The van der Waals surface area contributed by atoms with Crippen LogP contribution in [0.2, 0.25) is 0 Å². The Kier molecular flexibility index (Phi) is 2.26. The highest BCUT2D eigenvalue weighted by atomic mass is 16.5. The molecule has 1 unspecified atom stereocenters. The van der Waals surface area contributed by atoms with E-state index < -0.39 is 0 Å². The lowest BCUT2D eigenvalue weighted by atomic mass is 9.85. The molecule has 0 saturated carbocycles. The Morgan fingerprint density at radius 2 is 2.54 bits per heavy atom. The van der Waals surface area contributed by atoms with Crippen LogP contribution in [0.5, 0.6) is 0 Å². The van der Waals surface area contributed by atoms with E-state index in [9.17, 15) is 0 Å². The summed E-state index contributed by atoms with van der Waals surface area (Å²) in [6.45, 7) is 5.89. The summed E-state index contributed by atoms with van der Waals surface area (Å²) in [5.74, 6) is 0. The molecule has 1 N–H and O–H groups in total. The molecule has 1 fully saturated rings. The van der Waals surface area contributed by atoms with Crippen LogP contribution in [0.3, 0.4) is 0 Å². The van der Waals surface area contributed by atoms with Crippen molar-refractivity contribution in [2.24, 2.45) is 10.5 Å². The number of hydrogen-bond acceptors (Lipinski definition) is 4. The van der Waals surface area contributed by atoms with E-state index in [-0.39, 0.29) is 11.5 Å². The summed E-state index contributed by atoms with van der Waals surface area (Å²) in [5, 5.41) is 9.58. The van der Waals surface area contributed by atoms with Crippen molar-refractivity contribution in [2.75, 3.05) is 33.3 Å². The molecule has 2 atom stereocenters. The second-order valence-corrected chi connectivity index (χ2v) is 4.13. The Morgan fingerprint density at radius 3 is 3.08 bits per heavy atom. The fraction of sp³-hybridized carbons (Fsp3) is 0.889. The normalized spacial score (nSPS) is 39.8. The molecule has 1 saturated heterocycles. The molecular formula is C9H17N3O. The highest BCUT2D eigenvalue weighted by molar-refractivity contribution is 5.68. The SMILES string of the molecule is CN1CC(C)([C@H]2CNCCO2)C=N1. The van der Waals surface area contributed by atoms with Gasteiger partial charge in [-0.2, -0.15) is 5.10 Å². The zero-order valence-electron chi connectivity index (χ0n) is 8.29. The number of hydrogen-bond donors (Lipinski definition) is 1. The fourth-order valence-corrected chi connectivity index (χ4v) is 1.98. The molecule has 4 nitrogen and oxygen atoms in total. The van der Waals surface area contributed by atoms with Crippen LogP contribution in [-0.4, -0.2) is 50.6 Å². The Bertz CT molecular complexity index is 213. The third-order valence-corrected chi connectivity index (χ3v) is 2.78. The number of hydrazone groups is 1. The first kappa shape index (κ1) is 8.97. The van der Waals surface area contributed by atoms with Crippen molar-refractivity contribution in [1.29, 1.82) is 0 Å². The predicted molar refractivity (Wildman–Crippen MR) is 51.8 cm³/mol. The molecule has 0 aromatic heterocycles. The Labute approximate surface area is 78.9 Å². The number of rotatable bonds is 1. The maximum atomic E-state index is 5.73. The van der Waals surface area contributed by atoms with Crippen LogP contribution in [0.15, 0.2) is 5.10 Å². The maximum Gasteiger partial charge on any atom is 0.0821 e. The van der Waals surface area contributed by atoms with E-state index in [2.05, 4.69) is 17.3 Å². The van der Waals surface area contributed by atoms with Crippen molar-refractivity contribution in [3.63, 3.8) is 0 Å². The lowest BCUT2D eigenvalue weighted by Gasteiger charge is -2.34. The van der Waals surface area contributed by atoms with Crippen molar-refractivity contribution in [1.82, 2.24) is 10.3 Å². The molecule has 0 aromatic rings. The molecule has 0 spiro atoms. The van der Waals surface area contributed by atoms with Gasteiger partial charge in [0.05, 0.1) is 18.1 Å². The Hall–Kier alpha value is -0.610. The van der Waals surface area contributed by atoms with Gasteiger partial charge < -0.3 is 10.1 Å². The third-order valence-electron chi connectivity index (χ3n) is 2.78. The van der Waals surface area contributed by atoms with Crippen LogP contribution >= 0.6 is 0 Å². The summed E-state index contributed by atoms with van der Waals surface area (Å²) in [6.07, 6.45) is 2.29. The van der Waals surface area contributed by atoms with Gasteiger partial charge in [0.1, 0.15) is 0 Å². The zero-order chi connectivity index (χ0) is 9.31. The van der Waals surface area contributed by atoms with Gasteiger partial charge in [0.25, 0.3) is 0 Å². The van der Waals surface area contributed by atoms with Crippen LogP contribution in [0.25, 0.3) is 0 Å². The summed E-state index contributed by atoms with van der Waals surface area (Å²) >= 11 is 0. The second-order valence-electron chi connectivity index (χ2n) is 4.13. The van der Waals surface area contributed by atoms with Crippen LogP contribution in [0.4, 0.5) is 0 Å². The molecule has 2 rings (SSSR count). The zero-order valence-corrected chi connectivity index (χ0v) is 8.29. The van der Waals surface area contributed by atoms with Gasteiger partial charge in [0, 0.05) is 32.9 Å². The first-order valence-corrected chi connectivity index (χ1v) is 4.79. The van der Waals surface area contributed by atoms with E-state index in [0.29, 0.717) is 0 Å². The van der Waals surface area contributed by atoms with Gasteiger partial charge in [-0.15, -0.1) is 0 Å². The van der Waals surface area contributed by atoms with E-state index in [1.54, 1.807) is 0 Å². The minimum atomic E-state index is 0.0855. The van der Waals surface area contributed by atoms with Crippen molar-refractivity contribution in [2.45, 2.75) is 13.0 Å². The summed E-state index contributed by atoms with van der Waals surface area (Å²) in [7, 11) is 2.00. The van der Waals surface area contributed by atoms with Crippen molar-refractivity contribution in [3.8, 4) is 0 Å². The van der Waals surface area contributed by atoms with Gasteiger partial charge >= 0.3 is 0 Å². The predicted octanol–water partition coefficient (Wildman–Crippen LogP) is -0.0877. The molecule has 2 aliphatic rings. The number of ether oxygens (including phenoxy) is 1. The summed E-state index contributed by atoms with van der Waals surface area (Å²) in [4.78, 5) is 0. The number of nitrogens with one attached hydrogen (secondary N) is 1. The highest BCUT2D eigenvalue weighted by Crippen LogP contribution is 2.27. The second kappa shape index (κ2) is 3.27. The van der Waals surface area contributed by atoms with Gasteiger partial charge in [-0.05, 0) is 0 Å². The molecule has 0 aliphatic carbocycles. The minimum absolute atomic E-state index is 0.0855. The first-order valence-electron chi connectivity index (χ1n) is 4.79. The summed E-state index contributed by atoms with van der Waals surface area (Å²) in [5.41, 5.74) is 0.0855. The average Bonchev–Trinajstić information content (AvgIpc) is 2.49. The van der Waals surface area contributed by atoms with E-state index in [0.717, 1.165) is 26.2 Å². The summed E-state index contributed by atoms with van der Waals surface area (Å²) < 4.78 is 5.73. The monoisotopic (exact) mass is 183 g/mol. The molecule has 0 aromatic carbocycles. The van der Waals surface area contributed by atoms with Crippen molar-refractivity contribution in [3.05, 3.63) is 0 Å². The maximum absolute atomic E-state index is 5.73. The van der Waals surface area contributed by atoms with Crippen LogP contribution in [0.1, 0.15) is 6.92 Å². The number of nitrogens with zero attached hydrogens (tertiary/aromatic N) is 2. The Morgan fingerprint density at radius 1 is 1.69 bits per heavy atom. The van der Waals surface area contributed by atoms with E-state index in [4.69, 9.17) is 4.74 Å². The standard InChI is InChI=1S/C9H17N3O/c1-9(6-11-12(2)7-9)8-5-10-3-4-13-8/h6,8,10H,3-5,7H2,1-2H3/t8-,9?/m1/s1. The molecule has 4 heteroatoms. The molecule has 2 aliphatic heterocycles. The fourth-order valence-electron chi connectivity index (χ4n) is 1.98. The molecule has 0 amide bonds. The van der Waals surface area contributed by atoms with E-state index in [1.165, 1.54) is 0 Å². The average molecular weight is 183 g/mol. The van der Waals surface area contributed by atoms with Crippen molar-refractivity contribution >= 4 is 6.21 Å². The molecule has 0 bridgehead atoms. The Balaban J connectivity index is 2.02. The summed E-state index contributed by atoms with van der Waals surface area (Å²) in [6, 6.07) is 0. The quantitative estimate of drug-likeness (QED) is 0.617. The molecule has 74 valence electrons. The molecular weight excluding hydrogens is 166 g/mol. The van der Waals surface area contributed by atoms with Crippen LogP contribution < -0.4 is 5.32 Å². The molecule has 0 radical (unpaired) electrons. The van der Waals surface area contributed by atoms with Gasteiger partial charge in [0.15, 0.2) is 0 Å². The van der Waals surface area contributed by atoms with Crippen LogP contribution in [-0.2, 0) is 4.74 Å². The van der Waals surface area contributed by atoms with Gasteiger partial charge in [-0.3, -0.25) is 5.01 Å². The van der Waals surface area contributed by atoms with Gasteiger partial charge in [-0.25, -0.2) is 0 Å². The van der Waals surface area contributed by atoms with E-state index in [1.807, 2.05) is 18.3 Å². The van der Waals surface area contributed by atoms with Gasteiger partial charge in [0.2, 0.25) is 0 Å².